The Balaban J connectivity index is -0.000000234. The van der Waals surface area contributed by atoms with E-state index in [4.69, 9.17) is 18.9 Å². The van der Waals surface area contributed by atoms with Gasteiger partial charge in [0.25, 0.3) is 0 Å². The summed E-state index contributed by atoms with van der Waals surface area (Å²) in [7, 11) is -0.246. The quantitative estimate of drug-likeness (QED) is 0.535. The summed E-state index contributed by atoms with van der Waals surface area (Å²) >= 11 is 13.1. The molecule has 0 saturated heterocycles. The normalized spacial score (nSPS) is 21.8. The average molecular weight is 379 g/mol. The first-order valence-electron chi connectivity index (χ1n) is 5.75. The number of rotatable bonds is 3. The van der Waals surface area contributed by atoms with Gasteiger partial charge >= 0.3 is 0 Å². The van der Waals surface area contributed by atoms with Crippen molar-refractivity contribution in [2.45, 2.75) is 6.90 Å². The zero-order chi connectivity index (χ0) is 17.9. The zero-order valence-corrected chi connectivity index (χ0v) is 15.2. The second kappa shape index (κ2) is 10.2. The van der Waals surface area contributed by atoms with Gasteiger partial charge in [-0.1, -0.05) is 11.8 Å². The molecule has 4 N–H and O–H groups in total. The third-order valence-electron chi connectivity index (χ3n) is 0.702. The molecule has 0 aromatic rings. The van der Waals surface area contributed by atoms with Crippen molar-refractivity contribution in [1.82, 2.24) is 0 Å². The molecule has 18 heavy (non-hydrogen) atoms. The molecule has 0 aliphatic carbocycles. The minimum atomic E-state index is -2.75. The van der Waals surface area contributed by atoms with Gasteiger partial charge in [0.2, 0.25) is 1.43 Å². The maximum absolute atomic E-state index is 10.3. The summed E-state index contributed by atoms with van der Waals surface area (Å²) in [5.41, 5.74) is -0.521. The maximum atomic E-state index is 10.3. The van der Waals surface area contributed by atoms with Crippen molar-refractivity contribution in [3.05, 3.63) is 0 Å². The van der Waals surface area contributed by atoms with Crippen molar-refractivity contribution in [1.29, 1.82) is 1.43 Å². The maximum Gasteiger partial charge on any atom is 0.219 e. The fraction of sp³-hybridized carbons (Fsp3) is 0.833. The third kappa shape index (κ3) is 43.3. The van der Waals surface area contributed by atoms with Crippen LogP contribution in [0.25, 0.3) is 0 Å². The van der Waals surface area contributed by atoms with Crippen LogP contribution in [-0.2, 0) is 44.7 Å². The monoisotopic (exact) mass is 379 g/mol. The van der Waals surface area contributed by atoms with Gasteiger partial charge in [0.1, 0.15) is 6.26 Å². The second-order valence-electron chi connectivity index (χ2n) is 3.01. The molecule has 112 valence electrons. The van der Waals surface area contributed by atoms with E-state index >= 15 is 0 Å². The summed E-state index contributed by atoms with van der Waals surface area (Å²) in [6.45, 7) is -1.53. The first kappa shape index (κ1) is 17.5. The first-order valence-corrected chi connectivity index (χ1v) is 13.4. The molecule has 3 atom stereocenters. The molecule has 3 unspecified atom stereocenters. The van der Waals surface area contributed by atoms with E-state index in [1.54, 1.807) is 0 Å². The molecule has 12 heteroatoms. The molecule has 0 spiro atoms. The van der Waals surface area contributed by atoms with Crippen LogP contribution in [0.4, 0.5) is 0 Å². The summed E-state index contributed by atoms with van der Waals surface area (Å²) in [6.07, 6.45) is -2.75. The van der Waals surface area contributed by atoms with Gasteiger partial charge in [-0.15, -0.1) is 0 Å². The molecular formula is C6H19O6P3S3. The zero-order valence-electron chi connectivity index (χ0n) is 13.0. The van der Waals surface area contributed by atoms with Gasteiger partial charge < -0.3 is 24.1 Å². The standard InChI is InChI=1S/C3H7O2PS.C2H7O2PS.CH5O2PS/c1-3(4)6(2,5)7;1-4-5(2,3)6;1-4(2,3)5/h1-2H3,(H,5,7);1-2H3,(H,3,6);1H3,(H2,2,3,5)/i2*1D;/hD. The van der Waals surface area contributed by atoms with E-state index in [-0.39, 0.29) is 7.09 Å². The fourth-order valence-corrected chi connectivity index (χ4v) is 0. The van der Waals surface area contributed by atoms with Gasteiger partial charge in [0.05, 0.1) is 1.37 Å². The van der Waals surface area contributed by atoms with Gasteiger partial charge in [0.15, 0.2) is 18.5 Å². The Morgan fingerprint density at radius 3 is 1.61 bits per heavy atom. The minimum Gasteiger partial charge on any atom is -0.359 e. The highest BCUT2D eigenvalue weighted by Gasteiger charge is 2.08. The third-order valence-corrected chi connectivity index (χ3v) is 3.03. The lowest BCUT2D eigenvalue weighted by molar-refractivity contribution is -0.110. The van der Waals surface area contributed by atoms with Crippen LogP contribution in [0.2, 0.25) is 0 Å². The number of hydrogen-bond donors (Lipinski definition) is 4. The molecular weight excluding hydrogens is 357 g/mol. The van der Waals surface area contributed by atoms with E-state index in [1.165, 1.54) is 20.0 Å². The van der Waals surface area contributed by atoms with Crippen molar-refractivity contribution < 1.29 is 31.6 Å². The first-order chi connectivity index (χ1) is 9.10. The van der Waals surface area contributed by atoms with Gasteiger partial charge in [-0.3, -0.25) is 4.79 Å². The molecule has 0 aliphatic rings. The van der Waals surface area contributed by atoms with Crippen LogP contribution >= 0.6 is 19.2 Å². The van der Waals surface area contributed by atoms with Crippen molar-refractivity contribution in [2.75, 3.05) is 27.1 Å². The Hall–Kier alpha value is 1.42. The highest BCUT2D eigenvalue weighted by atomic mass is 32.5. The van der Waals surface area contributed by atoms with E-state index in [0.29, 0.717) is 0 Å². The molecule has 0 rings (SSSR count). The molecule has 0 fully saturated rings. The highest BCUT2D eigenvalue weighted by Crippen LogP contribution is 2.35. The Morgan fingerprint density at radius 1 is 1.22 bits per heavy atom. The van der Waals surface area contributed by atoms with Crippen molar-refractivity contribution in [3.8, 4) is 0 Å². The lowest BCUT2D eigenvalue weighted by Crippen LogP contribution is -1.87. The van der Waals surface area contributed by atoms with Crippen molar-refractivity contribution >= 4 is 60.2 Å². The van der Waals surface area contributed by atoms with E-state index in [0.717, 1.165) is 0 Å². The molecule has 0 heterocycles. The number of carbonyl (C=O) groups excluding carboxylic acids is 1. The van der Waals surface area contributed by atoms with Crippen LogP contribution in [0, 0.1) is 0 Å². The van der Waals surface area contributed by atoms with Gasteiger partial charge in [0, 0.05) is 28.7 Å². The molecule has 0 aliphatic heterocycles. The molecule has 6 nitrogen and oxygen atoms in total. The summed E-state index contributed by atoms with van der Waals surface area (Å²) in [6, 6.07) is 0. The van der Waals surface area contributed by atoms with E-state index in [9.17, 15) is 4.79 Å². The topological polar surface area (TPSA) is 107 Å². The van der Waals surface area contributed by atoms with E-state index in [2.05, 4.69) is 44.8 Å². The Morgan fingerprint density at radius 2 is 1.61 bits per heavy atom. The van der Waals surface area contributed by atoms with Crippen LogP contribution in [0.15, 0.2) is 0 Å². The summed E-state index contributed by atoms with van der Waals surface area (Å²) in [5, 5.41) is 0. The lowest BCUT2D eigenvalue weighted by Gasteiger charge is -2.01. The second-order valence-corrected chi connectivity index (χ2v) is 14.9. The molecule has 0 bridgehead atoms. The highest BCUT2D eigenvalue weighted by molar-refractivity contribution is 8.19. The Labute approximate surface area is 127 Å². The van der Waals surface area contributed by atoms with Gasteiger partial charge in [-0.05, 0) is 30.3 Å². The molecule has 0 aromatic heterocycles. The predicted molar refractivity (Wildman–Crippen MR) is 87.2 cm³/mol. The van der Waals surface area contributed by atoms with Crippen LogP contribution in [0.1, 0.15) is 9.64 Å². The SMILES string of the molecule is [2H]CC(=O)P(C)(O)=S.[2H]COP(C)(O)=S.[2H]OP(C)(O)=S. The smallest absolute Gasteiger partial charge is 0.219 e. The fourth-order valence-electron chi connectivity index (χ4n) is 0. The van der Waals surface area contributed by atoms with Gasteiger partial charge in [-0.2, -0.15) is 0 Å². The summed E-state index contributed by atoms with van der Waals surface area (Å²) in [5.74, 6) is 0. The Bertz CT molecular complexity index is 433. The predicted octanol–water partition coefficient (Wildman–Crippen LogP) is 1.02. The molecule has 0 saturated carbocycles. The van der Waals surface area contributed by atoms with Crippen molar-refractivity contribution in [3.63, 3.8) is 0 Å². The average Bonchev–Trinajstić information content (AvgIpc) is 2.25. The molecule has 0 aromatic carbocycles. The van der Waals surface area contributed by atoms with E-state index in [1.807, 2.05) is 0 Å². The van der Waals surface area contributed by atoms with Crippen molar-refractivity contribution in [2.24, 2.45) is 0 Å². The molecule has 0 radical (unpaired) electrons. The molecule has 0 amide bonds. The van der Waals surface area contributed by atoms with Crippen LogP contribution in [0.3, 0.4) is 0 Å². The summed E-state index contributed by atoms with van der Waals surface area (Å²) in [4.78, 5) is 39.7. The number of hydrogen-bond acceptors (Lipinski definition) is 6. The van der Waals surface area contributed by atoms with Crippen LogP contribution < -0.4 is 0 Å². The summed E-state index contributed by atoms with van der Waals surface area (Å²) < 4.78 is 23.4. The Kier molecular flexibility index (Phi) is 9.89. The van der Waals surface area contributed by atoms with Gasteiger partial charge in [-0.25, -0.2) is 0 Å². The van der Waals surface area contributed by atoms with E-state index < -0.39 is 31.7 Å². The van der Waals surface area contributed by atoms with Crippen LogP contribution in [-0.4, -0.2) is 53.6 Å². The number of carbonyl (C=O) groups is 1. The van der Waals surface area contributed by atoms with Crippen LogP contribution in [0.5, 0.6) is 0 Å². The largest absolute Gasteiger partial charge is 0.359 e. The lowest BCUT2D eigenvalue weighted by atomic mass is 10.9. The minimum absolute atomic E-state index is 0.246.